The number of benzene rings is 2. The first-order chi connectivity index (χ1) is 14.0. The van der Waals surface area contributed by atoms with Crippen molar-refractivity contribution in [2.45, 2.75) is 0 Å². The second-order valence-corrected chi connectivity index (χ2v) is 7.99. The summed E-state index contributed by atoms with van der Waals surface area (Å²) < 4.78 is 6.81. The van der Waals surface area contributed by atoms with E-state index in [2.05, 4.69) is 26.2 Å². The van der Waals surface area contributed by atoms with Crippen molar-refractivity contribution in [1.82, 2.24) is 5.32 Å². The normalized spacial score (nSPS) is 16.4. The minimum absolute atomic E-state index is 0.178. The maximum atomic E-state index is 12.2. The van der Waals surface area contributed by atoms with E-state index in [1.165, 1.54) is 23.9 Å². The Morgan fingerprint density at radius 1 is 1.07 bits per heavy atom. The van der Waals surface area contributed by atoms with Crippen molar-refractivity contribution in [3.8, 4) is 11.3 Å². The van der Waals surface area contributed by atoms with Gasteiger partial charge in [-0.2, -0.15) is 0 Å². The van der Waals surface area contributed by atoms with Crippen molar-refractivity contribution >= 4 is 56.5 Å². The lowest BCUT2D eigenvalue weighted by Gasteiger charge is -1.97. The lowest BCUT2D eigenvalue weighted by atomic mass is 10.2. The smallest absolute Gasteiger partial charge is 0.335 e. The summed E-state index contributed by atoms with van der Waals surface area (Å²) in [5.74, 6) is 0.00390. The minimum atomic E-state index is -1.00. The molecule has 1 amide bonds. The zero-order valence-electron chi connectivity index (χ0n) is 14.8. The molecule has 29 heavy (non-hydrogen) atoms. The monoisotopic (exact) mass is 468 g/mol. The summed E-state index contributed by atoms with van der Waals surface area (Å²) in [5.41, 5.74) is 1.67. The highest BCUT2D eigenvalue weighted by Gasteiger charge is 2.24. The fourth-order valence-corrected chi connectivity index (χ4v) is 3.69. The van der Waals surface area contributed by atoms with Crippen LogP contribution in [0.2, 0.25) is 0 Å². The molecule has 4 rings (SSSR count). The molecule has 0 aliphatic carbocycles. The number of nitrogens with one attached hydrogen (secondary N) is 1. The first-order valence-electron chi connectivity index (χ1n) is 8.47. The van der Waals surface area contributed by atoms with Crippen LogP contribution in [0.15, 0.2) is 79.5 Å². The van der Waals surface area contributed by atoms with Gasteiger partial charge in [-0.25, -0.2) is 9.79 Å². The minimum Gasteiger partial charge on any atom is -0.478 e. The third kappa shape index (κ3) is 4.49. The van der Waals surface area contributed by atoms with E-state index in [0.717, 1.165) is 10.0 Å². The summed E-state index contributed by atoms with van der Waals surface area (Å²) in [6.07, 6.45) is 1.67. The number of thioether (sulfide) groups is 1. The Hall–Kier alpha value is -3.10. The number of aromatic carboxylic acids is 1. The number of furan rings is 1. The molecular formula is C21H13BrN2O4S. The second kappa shape index (κ2) is 8.10. The average molecular weight is 469 g/mol. The van der Waals surface area contributed by atoms with E-state index in [1.54, 1.807) is 24.3 Å². The van der Waals surface area contributed by atoms with E-state index in [4.69, 9.17) is 9.52 Å². The molecular weight excluding hydrogens is 456 g/mol. The van der Waals surface area contributed by atoms with Gasteiger partial charge in [-0.05, 0) is 60.3 Å². The van der Waals surface area contributed by atoms with Gasteiger partial charge in [-0.3, -0.25) is 4.79 Å². The molecule has 1 fully saturated rings. The second-order valence-electron chi connectivity index (χ2n) is 6.04. The zero-order valence-corrected chi connectivity index (χ0v) is 17.2. The highest BCUT2D eigenvalue weighted by atomic mass is 79.9. The molecule has 0 bridgehead atoms. The zero-order chi connectivity index (χ0) is 20.4. The molecule has 2 aromatic carbocycles. The van der Waals surface area contributed by atoms with Crippen molar-refractivity contribution in [1.29, 1.82) is 0 Å². The Labute approximate surface area is 178 Å². The van der Waals surface area contributed by atoms with Gasteiger partial charge in [0, 0.05) is 16.1 Å². The lowest BCUT2D eigenvalue weighted by molar-refractivity contribution is -0.115. The van der Waals surface area contributed by atoms with Crippen molar-refractivity contribution in [2.24, 2.45) is 4.99 Å². The summed E-state index contributed by atoms with van der Waals surface area (Å²) in [6.45, 7) is 0. The molecule has 1 aromatic heterocycles. The molecule has 0 radical (unpaired) electrons. The van der Waals surface area contributed by atoms with Crippen LogP contribution in [0, 0.1) is 0 Å². The van der Waals surface area contributed by atoms with Crippen molar-refractivity contribution in [3.63, 3.8) is 0 Å². The quantitative estimate of drug-likeness (QED) is 0.506. The average Bonchev–Trinajstić information content (AvgIpc) is 3.30. The molecule has 3 aromatic rings. The number of hydrogen-bond acceptors (Lipinski definition) is 5. The number of carboxylic acid groups (broad SMARTS) is 1. The van der Waals surface area contributed by atoms with Gasteiger partial charge < -0.3 is 14.8 Å². The van der Waals surface area contributed by atoms with Crippen molar-refractivity contribution in [2.75, 3.05) is 0 Å². The predicted molar refractivity (Wildman–Crippen MR) is 116 cm³/mol. The molecule has 2 heterocycles. The number of carbonyl (C=O) groups is 2. The highest BCUT2D eigenvalue weighted by Crippen LogP contribution is 2.30. The summed E-state index contributed by atoms with van der Waals surface area (Å²) >= 11 is 4.60. The number of halogens is 1. The number of rotatable bonds is 4. The van der Waals surface area contributed by atoms with Crippen LogP contribution in [0.4, 0.5) is 5.69 Å². The predicted octanol–water partition coefficient (Wildman–Crippen LogP) is 5.30. The number of amides is 1. The highest BCUT2D eigenvalue weighted by molar-refractivity contribution is 9.10. The van der Waals surface area contributed by atoms with E-state index < -0.39 is 5.97 Å². The summed E-state index contributed by atoms with van der Waals surface area (Å²) in [7, 11) is 0. The third-order valence-electron chi connectivity index (χ3n) is 4.02. The van der Waals surface area contributed by atoms with Crippen LogP contribution < -0.4 is 5.32 Å². The first-order valence-corrected chi connectivity index (χ1v) is 10.1. The molecule has 1 aliphatic heterocycles. The van der Waals surface area contributed by atoms with E-state index >= 15 is 0 Å². The Bertz CT molecular complexity index is 1150. The summed E-state index contributed by atoms with van der Waals surface area (Å²) in [4.78, 5) is 27.9. The Morgan fingerprint density at radius 2 is 1.79 bits per heavy atom. The fraction of sp³-hybridized carbons (Fsp3) is 0. The van der Waals surface area contributed by atoms with Gasteiger partial charge in [-0.15, -0.1) is 0 Å². The van der Waals surface area contributed by atoms with Gasteiger partial charge in [0.05, 0.1) is 16.2 Å². The van der Waals surface area contributed by atoms with Gasteiger partial charge in [0.1, 0.15) is 11.5 Å². The molecule has 6 nitrogen and oxygen atoms in total. The maximum Gasteiger partial charge on any atom is 0.335 e. The van der Waals surface area contributed by atoms with E-state index in [1.807, 2.05) is 30.3 Å². The Morgan fingerprint density at radius 3 is 2.48 bits per heavy atom. The van der Waals surface area contributed by atoms with Gasteiger partial charge >= 0.3 is 5.97 Å². The Kier molecular flexibility index (Phi) is 5.37. The molecule has 0 atom stereocenters. The number of carbonyl (C=O) groups excluding carboxylic acids is 1. The number of amidine groups is 1. The van der Waals surface area contributed by atoms with Crippen LogP contribution in [0.5, 0.6) is 0 Å². The molecule has 1 aliphatic rings. The fourth-order valence-electron chi connectivity index (χ4n) is 2.61. The van der Waals surface area contributed by atoms with Crippen LogP contribution in [-0.4, -0.2) is 22.2 Å². The summed E-state index contributed by atoms with van der Waals surface area (Å²) in [5, 5.41) is 12.1. The molecule has 2 N–H and O–H groups in total. The van der Waals surface area contributed by atoms with Gasteiger partial charge in [0.25, 0.3) is 5.91 Å². The number of aliphatic imine (C=N–C) groups is 1. The van der Waals surface area contributed by atoms with Crippen molar-refractivity contribution in [3.05, 3.63) is 81.4 Å². The first kappa shape index (κ1) is 19.2. The topological polar surface area (TPSA) is 91.9 Å². The third-order valence-corrected chi connectivity index (χ3v) is 5.46. The SMILES string of the molecule is O=C1NC(=Nc2ccc(C(=O)O)cc2)SC1=Cc1ccc(-c2ccc(Br)cc2)o1. The lowest BCUT2D eigenvalue weighted by Crippen LogP contribution is -2.19. The van der Waals surface area contributed by atoms with Gasteiger partial charge in [0.15, 0.2) is 5.17 Å². The van der Waals surface area contributed by atoms with Crippen LogP contribution in [0.1, 0.15) is 16.1 Å². The van der Waals surface area contributed by atoms with Gasteiger partial charge in [0.2, 0.25) is 0 Å². The van der Waals surface area contributed by atoms with Crippen LogP contribution in [0.25, 0.3) is 17.4 Å². The Balaban J connectivity index is 1.51. The van der Waals surface area contributed by atoms with Crippen molar-refractivity contribution < 1.29 is 19.1 Å². The molecule has 8 heteroatoms. The van der Waals surface area contributed by atoms with Crippen LogP contribution in [0.3, 0.4) is 0 Å². The number of carboxylic acids is 1. The molecule has 144 valence electrons. The molecule has 0 spiro atoms. The molecule has 1 saturated heterocycles. The number of nitrogens with zero attached hydrogens (tertiary/aromatic N) is 1. The summed E-state index contributed by atoms with van der Waals surface area (Å²) in [6, 6.07) is 17.5. The largest absolute Gasteiger partial charge is 0.478 e. The van der Waals surface area contributed by atoms with E-state index in [9.17, 15) is 9.59 Å². The maximum absolute atomic E-state index is 12.2. The molecule has 0 unspecified atom stereocenters. The van der Waals surface area contributed by atoms with Gasteiger partial charge in [-0.1, -0.05) is 28.1 Å². The number of hydrogen-bond donors (Lipinski definition) is 2. The molecule has 0 saturated carbocycles. The van der Waals surface area contributed by atoms with Crippen LogP contribution >= 0.6 is 27.7 Å². The van der Waals surface area contributed by atoms with E-state index in [-0.39, 0.29) is 11.5 Å². The standard InChI is InChI=1S/C21H13BrN2O4S/c22-14-5-1-12(2-6-14)17-10-9-16(28-17)11-18-19(25)24-21(29-18)23-15-7-3-13(4-8-15)20(26)27/h1-11H,(H,26,27)(H,23,24,25). The van der Waals surface area contributed by atoms with Crippen LogP contribution in [-0.2, 0) is 4.79 Å². The van der Waals surface area contributed by atoms with E-state index in [0.29, 0.717) is 27.3 Å².